The monoisotopic (exact) mass is 316 g/mol. The van der Waals surface area contributed by atoms with Gasteiger partial charge >= 0.3 is 0 Å². The van der Waals surface area contributed by atoms with E-state index in [0.717, 1.165) is 21.8 Å². The molecular weight excluding hydrogens is 301 g/mol. The van der Waals surface area contributed by atoms with E-state index in [1.807, 2.05) is 53.1 Å². The molecule has 3 aromatic carbocycles. The van der Waals surface area contributed by atoms with Crippen LogP contribution in [0.4, 0.5) is 4.39 Å². The summed E-state index contributed by atoms with van der Waals surface area (Å²) >= 11 is 0. The number of rotatable bonds is 3. The third kappa shape index (κ3) is 2.54. The molecule has 0 aliphatic heterocycles. The predicted molar refractivity (Wildman–Crippen MR) is 92.4 cm³/mol. The number of hydrogen-bond acceptors (Lipinski definition) is 1. The van der Waals surface area contributed by atoms with Gasteiger partial charge in [0.05, 0.1) is 0 Å². The second-order valence-corrected chi connectivity index (χ2v) is 5.78. The topological polar surface area (TPSA) is 20.9 Å². The number of benzene rings is 3. The highest BCUT2D eigenvalue weighted by molar-refractivity contribution is 5.96. The summed E-state index contributed by atoms with van der Waals surface area (Å²) in [4.78, 5) is 12.7. The van der Waals surface area contributed by atoms with Crippen molar-refractivity contribution in [3.8, 4) is 0 Å². The Morgan fingerprint density at radius 1 is 0.792 bits per heavy atom. The Balaban J connectivity index is 1.87. The Labute approximate surface area is 138 Å². The number of Topliss-reactive ketones (excluding diaryl/α,β-unsaturated/α-hetero) is 1. The van der Waals surface area contributed by atoms with Crippen LogP contribution in [0.15, 0.2) is 78.9 Å². The normalized spacial score (nSPS) is 11.0. The van der Waals surface area contributed by atoms with Gasteiger partial charge in [0.25, 0.3) is 0 Å². The Hall–Kier alpha value is -3.07. The minimum absolute atomic E-state index is 0.0403. The van der Waals surface area contributed by atoms with Gasteiger partial charge in [0.15, 0.2) is 0 Å². The Morgan fingerprint density at radius 2 is 1.33 bits per heavy atom. The number of carbonyl (C=O) groups is 1. The van der Waals surface area contributed by atoms with Crippen molar-refractivity contribution in [3.05, 3.63) is 90.2 Å². The zero-order valence-corrected chi connectivity index (χ0v) is 12.9. The van der Waals surface area contributed by atoms with Crippen LogP contribution in [0.3, 0.4) is 0 Å². The summed E-state index contributed by atoms with van der Waals surface area (Å²) in [5, 5.41) is 2.17. The third-order valence-corrected chi connectivity index (χ3v) is 4.23. The molecule has 0 bridgehead atoms. The van der Waals surface area contributed by atoms with Crippen LogP contribution >= 0.6 is 0 Å². The SMILES string of the molecule is O=C(C[n+]1c2ccccc2cc2ccccc21)c1ccc(F)cc1. The molecule has 0 amide bonds. The van der Waals surface area contributed by atoms with Gasteiger partial charge in [0.1, 0.15) is 5.82 Å². The van der Waals surface area contributed by atoms with Gasteiger partial charge in [-0.3, -0.25) is 4.79 Å². The summed E-state index contributed by atoms with van der Waals surface area (Å²) < 4.78 is 15.1. The number of nitrogens with zero attached hydrogens (tertiary/aromatic N) is 1. The largest absolute Gasteiger partial charge is 0.287 e. The molecule has 0 saturated heterocycles. The quantitative estimate of drug-likeness (QED) is 0.313. The molecule has 0 N–H and O–H groups in total. The van der Waals surface area contributed by atoms with Crippen molar-refractivity contribution in [3.63, 3.8) is 0 Å². The van der Waals surface area contributed by atoms with E-state index < -0.39 is 0 Å². The van der Waals surface area contributed by atoms with Crippen molar-refractivity contribution in [1.82, 2.24) is 0 Å². The highest BCUT2D eigenvalue weighted by Crippen LogP contribution is 2.18. The fourth-order valence-corrected chi connectivity index (χ4v) is 3.05. The first kappa shape index (κ1) is 14.5. The van der Waals surface area contributed by atoms with E-state index in [1.165, 1.54) is 24.3 Å². The third-order valence-electron chi connectivity index (χ3n) is 4.23. The van der Waals surface area contributed by atoms with Crippen LogP contribution in [0.1, 0.15) is 10.4 Å². The molecule has 116 valence electrons. The summed E-state index contributed by atoms with van der Waals surface area (Å²) in [6.07, 6.45) is 0. The van der Waals surface area contributed by atoms with Gasteiger partial charge in [-0.25, -0.2) is 4.39 Å². The van der Waals surface area contributed by atoms with Crippen LogP contribution in [0.25, 0.3) is 21.8 Å². The van der Waals surface area contributed by atoms with Crippen LogP contribution in [0, 0.1) is 5.82 Å². The number of fused-ring (bicyclic) bond motifs is 2. The highest BCUT2D eigenvalue weighted by Gasteiger charge is 2.19. The lowest BCUT2D eigenvalue weighted by atomic mass is 10.1. The number of para-hydroxylation sites is 2. The number of hydrogen-bond donors (Lipinski definition) is 0. The van der Waals surface area contributed by atoms with Crippen LogP contribution in [0.5, 0.6) is 0 Å². The molecule has 0 radical (unpaired) electrons. The van der Waals surface area contributed by atoms with Gasteiger partial charge in [-0.05, 0) is 42.5 Å². The second-order valence-electron chi connectivity index (χ2n) is 5.78. The molecule has 2 nitrogen and oxygen atoms in total. The molecule has 3 heteroatoms. The molecule has 0 aliphatic rings. The maximum Gasteiger partial charge on any atom is 0.227 e. The van der Waals surface area contributed by atoms with E-state index in [1.54, 1.807) is 0 Å². The molecule has 24 heavy (non-hydrogen) atoms. The van der Waals surface area contributed by atoms with Crippen LogP contribution in [-0.2, 0) is 6.54 Å². The molecular formula is C21H15FNO+. The molecule has 0 saturated carbocycles. The van der Waals surface area contributed by atoms with Crippen molar-refractivity contribution in [1.29, 1.82) is 0 Å². The molecule has 0 spiro atoms. The molecule has 4 rings (SSSR count). The molecule has 0 fully saturated rings. The Bertz CT molecular complexity index is 1000. The number of aromatic nitrogens is 1. The van der Waals surface area contributed by atoms with E-state index in [0.29, 0.717) is 5.56 Å². The number of halogens is 1. The fourth-order valence-electron chi connectivity index (χ4n) is 3.05. The summed E-state index contributed by atoms with van der Waals surface area (Å²) in [5.74, 6) is -0.378. The smallest absolute Gasteiger partial charge is 0.227 e. The molecule has 0 atom stereocenters. The first-order valence-corrected chi connectivity index (χ1v) is 7.81. The van der Waals surface area contributed by atoms with Crippen LogP contribution < -0.4 is 4.57 Å². The van der Waals surface area contributed by atoms with E-state index in [-0.39, 0.29) is 18.1 Å². The van der Waals surface area contributed by atoms with Gasteiger partial charge in [-0.15, -0.1) is 0 Å². The first-order valence-electron chi connectivity index (χ1n) is 7.81. The van der Waals surface area contributed by atoms with Crippen molar-refractivity contribution < 1.29 is 13.8 Å². The Kier molecular flexibility index (Phi) is 3.54. The lowest BCUT2D eigenvalue weighted by Crippen LogP contribution is -2.39. The zero-order chi connectivity index (χ0) is 16.5. The highest BCUT2D eigenvalue weighted by atomic mass is 19.1. The zero-order valence-electron chi connectivity index (χ0n) is 12.9. The van der Waals surface area contributed by atoms with Crippen molar-refractivity contribution >= 4 is 27.6 Å². The molecule has 4 aromatic rings. The van der Waals surface area contributed by atoms with Gasteiger partial charge in [0.2, 0.25) is 23.4 Å². The summed E-state index contributed by atoms with van der Waals surface area (Å²) in [5.41, 5.74) is 2.53. The molecule has 1 aromatic heterocycles. The van der Waals surface area contributed by atoms with Gasteiger partial charge in [-0.1, -0.05) is 24.3 Å². The van der Waals surface area contributed by atoms with Crippen molar-refractivity contribution in [2.45, 2.75) is 6.54 Å². The van der Waals surface area contributed by atoms with Gasteiger partial charge in [0, 0.05) is 28.5 Å². The minimum Gasteiger partial charge on any atom is -0.287 e. The number of ketones is 1. The van der Waals surface area contributed by atoms with Gasteiger partial charge in [-0.2, -0.15) is 4.57 Å². The lowest BCUT2D eigenvalue weighted by molar-refractivity contribution is -0.630. The minimum atomic E-state index is -0.338. The molecule has 0 aliphatic carbocycles. The summed E-state index contributed by atoms with van der Waals surface area (Å²) in [7, 11) is 0. The summed E-state index contributed by atoms with van der Waals surface area (Å²) in [6.45, 7) is 0.216. The standard InChI is InChI=1S/C21H15FNO/c22-18-11-9-15(10-12-18)21(24)14-23-19-7-3-1-5-16(19)13-17-6-2-4-8-20(17)23/h1-13H,14H2/q+1. The van der Waals surface area contributed by atoms with E-state index in [4.69, 9.17) is 0 Å². The summed E-state index contributed by atoms with van der Waals surface area (Å²) in [6, 6.07) is 23.9. The lowest BCUT2D eigenvalue weighted by Gasteiger charge is -2.06. The van der Waals surface area contributed by atoms with Gasteiger partial charge < -0.3 is 0 Å². The van der Waals surface area contributed by atoms with Crippen LogP contribution in [0.2, 0.25) is 0 Å². The first-order chi connectivity index (χ1) is 11.7. The van der Waals surface area contributed by atoms with Crippen LogP contribution in [-0.4, -0.2) is 5.78 Å². The molecule has 1 heterocycles. The number of pyridine rings is 1. The van der Waals surface area contributed by atoms with E-state index in [2.05, 4.69) is 6.07 Å². The van der Waals surface area contributed by atoms with Crippen molar-refractivity contribution in [2.24, 2.45) is 0 Å². The van der Waals surface area contributed by atoms with Crippen molar-refractivity contribution in [2.75, 3.05) is 0 Å². The number of carbonyl (C=O) groups excluding carboxylic acids is 1. The molecule has 0 unspecified atom stereocenters. The van der Waals surface area contributed by atoms with E-state index in [9.17, 15) is 9.18 Å². The fraction of sp³-hybridized carbons (Fsp3) is 0.0476. The van der Waals surface area contributed by atoms with E-state index >= 15 is 0 Å². The average molecular weight is 316 g/mol. The Morgan fingerprint density at radius 3 is 1.92 bits per heavy atom. The maximum atomic E-state index is 13.1. The maximum absolute atomic E-state index is 13.1. The average Bonchev–Trinajstić information content (AvgIpc) is 2.62. The predicted octanol–water partition coefficient (Wildman–Crippen LogP) is 4.30. The second kappa shape index (κ2) is 5.85.